The van der Waals surface area contributed by atoms with Crippen LogP contribution in [0, 0.1) is 5.82 Å². The highest BCUT2D eigenvalue weighted by Crippen LogP contribution is 2.43. The molecule has 1 N–H and O–H groups in total. The Morgan fingerprint density at radius 2 is 1.27 bits per heavy atom. The topological polar surface area (TPSA) is 12.0 Å². The molecule has 0 aliphatic heterocycles. The Bertz CT molecular complexity index is 868. The first-order valence-electron chi connectivity index (χ1n) is 8.67. The van der Waals surface area contributed by atoms with Gasteiger partial charge in [-0.2, -0.15) is 0 Å². The number of fused-ring (bicyclic) bond motifs is 3. The van der Waals surface area contributed by atoms with E-state index in [0.29, 0.717) is 0 Å². The Morgan fingerprint density at radius 1 is 0.731 bits per heavy atom. The van der Waals surface area contributed by atoms with E-state index < -0.39 is 0 Å². The van der Waals surface area contributed by atoms with Crippen molar-refractivity contribution in [3.8, 4) is 11.1 Å². The van der Waals surface area contributed by atoms with Gasteiger partial charge in [0.05, 0.1) is 0 Å². The summed E-state index contributed by atoms with van der Waals surface area (Å²) in [5, 5.41) is 3.47. The van der Waals surface area contributed by atoms with Crippen LogP contribution < -0.4 is 5.32 Å². The number of hydrogen-bond acceptors (Lipinski definition) is 1. The Kier molecular flexibility index (Phi) is 5.87. The lowest BCUT2D eigenvalue weighted by atomic mass is 10.0. The van der Waals surface area contributed by atoms with Crippen molar-refractivity contribution in [1.82, 2.24) is 5.32 Å². The first-order valence-corrected chi connectivity index (χ1v) is 8.67. The van der Waals surface area contributed by atoms with E-state index in [1.54, 1.807) is 0 Å². The molecule has 0 radical (unpaired) electrons. The zero-order valence-electron chi connectivity index (χ0n) is 14.4. The molecule has 4 rings (SSSR count). The van der Waals surface area contributed by atoms with Crippen molar-refractivity contribution in [2.75, 3.05) is 13.1 Å². The fourth-order valence-electron chi connectivity index (χ4n) is 3.43. The molecule has 0 heterocycles. The van der Waals surface area contributed by atoms with Gasteiger partial charge in [-0.15, -0.1) is 12.4 Å². The van der Waals surface area contributed by atoms with Gasteiger partial charge < -0.3 is 5.32 Å². The molecule has 26 heavy (non-hydrogen) atoms. The van der Waals surface area contributed by atoms with Gasteiger partial charge in [-0.05, 0) is 58.5 Å². The third kappa shape index (κ3) is 3.72. The van der Waals surface area contributed by atoms with Crippen LogP contribution >= 0.6 is 12.4 Å². The van der Waals surface area contributed by atoms with E-state index in [2.05, 4.69) is 59.9 Å². The standard InChI is InChI=1S/C23H20FN.ClH/c24-18-11-9-17(10-12-18)13-15-25-16-14-23-21-7-3-1-5-19(21)20-6-2-4-8-22(20)23;/h1-12,14,25H,13,15-16H2;1H. The molecule has 3 heteroatoms. The third-order valence-corrected chi connectivity index (χ3v) is 4.68. The molecule has 1 nitrogen and oxygen atoms in total. The molecule has 0 atom stereocenters. The van der Waals surface area contributed by atoms with Gasteiger partial charge in [-0.25, -0.2) is 4.39 Å². The minimum atomic E-state index is -0.181. The van der Waals surface area contributed by atoms with Crippen molar-refractivity contribution in [3.05, 3.63) is 101 Å². The van der Waals surface area contributed by atoms with E-state index in [9.17, 15) is 4.39 Å². The second kappa shape index (κ2) is 8.31. The van der Waals surface area contributed by atoms with E-state index in [1.165, 1.54) is 40.0 Å². The van der Waals surface area contributed by atoms with Gasteiger partial charge in [-0.3, -0.25) is 0 Å². The maximum absolute atomic E-state index is 12.9. The lowest BCUT2D eigenvalue weighted by Gasteiger charge is -2.05. The lowest BCUT2D eigenvalue weighted by molar-refractivity contribution is 0.626. The van der Waals surface area contributed by atoms with Gasteiger partial charge in [0.2, 0.25) is 0 Å². The molecule has 0 spiro atoms. The van der Waals surface area contributed by atoms with Crippen molar-refractivity contribution in [1.29, 1.82) is 0 Å². The molecule has 0 saturated carbocycles. The zero-order chi connectivity index (χ0) is 17.1. The van der Waals surface area contributed by atoms with Gasteiger partial charge in [0.15, 0.2) is 0 Å². The Hall–Kier alpha value is -2.42. The zero-order valence-corrected chi connectivity index (χ0v) is 15.2. The predicted octanol–water partition coefficient (Wildman–Crippen LogP) is 5.49. The van der Waals surface area contributed by atoms with E-state index in [0.717, 1.165) is 25.1 Å². The summed E-state index contributed by atoms with van der Waals surface area (Å²) in [6.07, 6.45) is 3.17. The molecule has 0 aromatic heterocycles. The SMILES string of the molecule is Cl.Fc1ccc(CCNCC=C2c3ccccc3-c3ccccc32)cc1. The summed E-state index contributed by atoms with van der Waals surface area (Å²) < 4.78 is 12.9. The van der Waals surface area contributed by atoms with Crippen molar-refractivity contribution < 1.29 is 4.39 Å². The average Bonchev–Trinajstić information content (AvgIpc) is 2.97. The van der Waals surface area contributed by atoms with Crippen LogP contribution in [0.3, 0.4) is 0 Å². The molecule has 1 aliphatic carbocycles. The quantitative estimate of drug-likeness (QED) is 0.461. The van der Waals surface area contributed by atoms with Crippen LogP contribution in [-0.4, -0.2) is 13.1 Å². The lowest BCUT2D eigenvalue weighted by Crippen LogP contribution is -2.17. The van der Waals surface area contributed by atoms with Gasteiger partial charge in [0.1, 0.15) is 5.82 Å². The maximum Gasteiger partial charge on any atom is 0.123 e. The van der Waals surface area contributed by atoms with E-state index in [-0.39, 0.29) is 18.2 Å². The largest absolute Gasteiger partial charge is 0.313 e. The highest BCUT2D eigenvalue weighted by molar-refractivity contribution is 6.01. The highest BCUT2D eigenvalue weighted by atomic mass is 35.5. The first kappa shape index (κ1) is 18.4. The summed E-state index contributed by atoms with van der Waals surface area (Å²) in [5.74, 6) is -0.181. The number of nitrogens with one attached hydrogen (secondary N) is 1. The average molecular weight is 366 g/mol. The van der Waals surface area contributed by atoms with Crippen LogP contribution in [0.2, 0.25) is 0 Å². The summed E-state index contributed by atoms with van der Waals surface area (Å²) in [5.41, 5.74) is 7.71. The van der Waals surface area contributed by atoms with E-state index >= 15 is 0 Å². The second-order valence-electron chi connectivity index (χ2n) is 6.29. The van der Waals surface area contributed by atoms with Gasteiger partial charge in [0.25, 0.3) is 0 Å². The number of hydrogen-bond donors (Lipinski definition) is 1. The molecular formula is C23H21ClFN. The van der Waals surface area contributed by atoms with Crippen molar-refractivity contribution in [3.63, 3.8) is 0 Å². The second-order valence-corrected chi connectivity index (χ2v) is 6.29. The van der Waals surface area contributed by atoms with Crippen LogP contribution in [-0.2, 0) is 6.42 Å². The summed E-state index contributed by atoms with van der Waals surface area (Å²) in [6.45, 7) is 1.69. The molecule has 0 unspecified atom stereocenters. The Balaban J connectivity index is 0.00000196. The van der Waals surface area contributed by atoms with Crippen LogP contribution in [0.15, 0.2) is 78.9 Å². The number of benzene rings is 3. The summed E-state index contributed by atoms with van der Waals surface area (Å²) in [4.78, 5) is 0. The number of halogens is 2. The van der Waals surface area contributed by atoms with Crippen molar-refractivity contribution in [2.45, 2.75) is 6.42 Å². The highest BCUT2D eigenvalue weighted by Gasteiger charge is 2.21. The Labute approximate surface area is 160 Å². The number of rotatable bonds is 5. The molecule has 0 amide bonds. The summed E-state index contributed by atoms with van der Waals surface area (Å²) >= 11 is 0. The smallest absolute Gasteiger partial charge is 0.123 e. The molecule has 0 fully saturated rings. The minimum Gasteiger partial charge on any atom is -0.313 e. The molecule has 0 saturated heterocycles. The van der Waals surface area contributed by atoms with Crippen LogP contribution in [0.4, 0.5) is 4.39 Å². The molecule has 0 bridgehead atoms. The fourth-order valence-corrected chi connectivity index (χ4v) is 3.43. The maximum atomic E-state index is 12.9. The molecule has 1 aliphatic rings. The van der Waals surface area contributed by atoms with Gasteiger partial charge >= 0.3 is 0 Å². The van der Waals surface area contributed by atoms with Crippen LogP contribution in [0.1, 0.15) is 16.7 Å². The first-order chi connectivity index (χ1) is 12.3. The van der Waals surface area contributed by atoms with Crippen molar-refractivity contribution >= 4 is 18.0 Å². The summed E-state index contributed by atoms with van der Waals surface area (Å²) in [7, 11) is 0. The van der Waals surface area contributed by atoms with E-state index in [4.69, 9.17) is 0 Å². The van der Waals surface area contributed by atoms with Gasteiger partial charge in [-0.1, -0.05) is 66.7 Å². The Morgan fingerprint density at radius 3 is 1.85 bits per heavy atom. The molecular weight excluding hydrogens is 345 g/mol. The molecule has 132 valence electrons. The predicted molar refractivity (Wildman–Crippen MR) is 109 cm³/mol. The summed E-state index contributed by atoms with van der Waals surface area (Å²) in [6, 6.07) is 23.9. The van der Waals surface area contributed by atoms with Gasteiger partial charge in [0, 0.05) is 6.54 Å². The van der Waals surface area contributed by atoms with Crippen molar-refractivity contribution in [2.24, 2.45) is 0 Å². The minimum absolute atomic E-state index is 0. The molecule has 3 aromatic rings. The normalized spacial score (nSPS) is 11.5. The molecule has 3 aromatic carbocycles. The fraction of sp³-hybridized carbons (Fsp3) is 0.130. The van der Waals surface area contributed by atoms with Crippen LogP contribution in [0.5, 0.6) is 0 Å². The monoisotopic (exact) mass is 365 g/mol. The third-order valence-electron chi connectivity index (χ3n) is 4.68. The van der Waals surface area contributed by atoms with E-state index in [1.807, 2.05) is 12.1 Å². The van der Waals surface area contributed by atoms with Crippen LogP contribution in [0.25, 0.3) is 16.7 Å².